The summed E-state index contributed by atoms with van der Waals surface area (Å²) in [6.45, 7) is 3.42. The van der Waals surface area contributed by atoms with E-state index in [1.807, 2.05) is 11.8 Å². The van der Waals surface area contributed by atoms with E-state index in [4.69, 9.17) is 4.74 Å². The van der Waals surface area contributed by atoms with E-state index in [0.717, 1.165) is 51.0 Å². The van der Waals surface area contributed by atoms with Gasteiger partial charge in [-0.25, -0.2) is 4.98 Å². The zero-order valence-electron chi connectivity index (χ0n) is 13.1. The van der Waals surface area contributed by atoms with Crippen LogP contribution in [0.4, 0.5) is 0 Å². The monoisotopic (exact) mass is 301 g/mol. The zero-order chi connectivity index (χ0) is 15.4. The lowest BCUT2D eigenvalue weighted by molar-refractivity contribution is -0.137. The largest absolute Gasteiger partial charge is 0.474 e. The first-order chi connectivity index (χ1) is 10.7. The number of rotatable bonds is 3. The summed E-state index contributed by atoms with van der Waals surface area (Å²) in [5, 5.41) is 0. The molecule has 5 heteroatoms. The Balaban J connectivity index is 1.49. The van der Waals surface area contributed by atoms with Crippen molar-refractivity contribution in [3.8, 4) is 5.88 Å². The second kappa shape index (κ2) is 6.90. The third-order valence-corrected chi connectivity index (χ3v) is 4.41. The molecule has 1 aliphatic heterocycles. The van der Waals surface area contributed by atoms with Gasteiger partial charge in [0.2, 0.25) is 11.8 Å². The molecule has 22 heavy (non-hydrogen) atoms. The number of amides is 1. The molecule has 3 rings (SSSR count). The molecule has 1 aromatic rings. The van der Waals surface area contributed by atoms with Crippen LogP contribution in [-0.2, 0) is 4.79 Å². The maximum Gasteiger partial charge on any atom is 0.226 e. The summed E-state index contributed by atoms with van der Waals surface area (Å²) in [7, 11) is 0. The Morgan fingerprint density at radius 2 is 2.09 bits per heavy atom. The van der Waals surface area contributed by atoms with E-state index in [-0.39, 0.29) is 12.0 Å². The summed E-state index contributed by atoms with van der Waals surface area (Å²) < 4.78 is 5.91. The molecule has 118 valence electrons. The minimum absolute atomic E-state index is 0.143. The third-order valence-electron chi connectivity index (χ3n) is 4.41. The lowest BCUT2D eigenvalue weighted by Gasteiger charge is -2.34. The first kappa shape index (κ1) is 15.0. The van der Waals surface area contributed by atoms with Crippen molar-refractivity contribution in [1.29, 1.82) is 0 Å². The van der Waals surface area contributed by atoms with E-state index >= 15 is 0 Å². The second-order valence-electron chi connectivity index (χ2n) is 6.07. The van der Waals surface area contributed by atoms with E-state index in [0.29, 0.717) is 11.8 Å². The van der Waals surface area contributed by atoms with Crippen LogP contribution in [0.1, 0.15) is 37.9 Å². The molecule has 5 nitrogen and oxygen atoms in total. The molecule has 1 fully saturated rings. The molecule has 2 heterocycles. The van der Waals surface area contributed by atoms with Gasteiger partial charge in [-0.05, 0) is 26.2 Å². The number of hydrogen-bond donors (Lipinski definition) is 0. The summed E-state index contributed by atoms with van der Waals surface area (Å²) in [6, 6.07) is 1.79. The summed E-state index contributed by atoms with van der Waals surface area (Å²) in [4.78, 5) is 22.8. The molecule has 0 spiro atoms. The number of aromatic nitrogens is 2. The number of carbonyl (C=O) groups excluding carboxylic acids is 1. The van der Waals surface area contributed by atoms with Gasteiger partial charge in [0.15, 0.2) is 0 Å². The molecule has 0 saturated carbocycles. The maximum absolute atomic E-state index is 12.5. The number of allylic oxidation sites excluding steroid dienone is 2. The maximum atomic E-state index is 12.5. The van der Waals surface area contributed by atoms with Crippen molar-refractivity contribution in [3.05, 3.63) is 30.2 Å². The molecule has 0 N–H and O–H groups in total. The van der Waals surface area contributed by atoms with E-state index in [1.54, 1.807) is 12.3 Å². The van der Waals surface area contributed by atoms with E-state index < -0.39 is 0 Å². The highest BCUT2D eigenvalue weighted by Gasteiger charge is 2.28. The van der Waals surface area contributed by atoms with Gasteiger partial charge in [0.25, 0.3) is 0 Å². The van der Waals surface area contributed by atoms with E-state index in [9.17, 15) is 4.79 Å². The highest BCUT2D eigenvalue weighted by Crippen LogP contribution is 2.23. The van der Waals surface area contributed by atoms with Crippen LogP contribution in [0.5, 0.6) is 5.88 Å². The van der Waals surface area contributed by atoms with Crippen molar-refractivity contribution in [1.82, 2.24) is 14.9 Å². The molecule has 2 aliphatic rings. The predicted octanol–water partition coefficient (Wildman–Crippen LogP) is 2.51. The molecular weight excluding hydrogens is 278 g/mol. The van der Waals surface area contributed by atoms with Crippen LogP contribution in [0.3, 0.4) is 0 Å². The van der Waals surface area contributed by atoms with Crippen molar-refractivity contribution >= 4 is 5.91 Å². The van der Waals surface area contributed by atoms with Crippen molar-refractivity contribution < 1.29 is 9.53 Å². The molecular formula is C17H23N3O2. The van der Waals surface area contributed by atoms with Gasteiger partial charge in [0.1, 0.15) is 11.9 Å². The Kier molecular flexibility index (Phi) is 4.71. The third kappa shape index (κ3) is 3.64. The number of carbonyl (C=O) groups is 1. The quantitative estimate of drug-likeness (QED) is 0.805. The SMILES string of the molecule is Cc1nccc(OC2CCN(C(=O)C3CC=CCC3)CC2)n1. The van der Waals surface area contributed by atoms with Crippen molar-refractivity contribution in [2.75, 3.05) is 13.1 Å². The Labute approximate surface area is 131 Å². The van der Waals surface area contributed by atoms with Crippen LogP contribution in [0.2, 0.25) is 0 Å². The number of likely N-dealkylation sites (tertiary alicyclic amines) is 1. The summed E-state index contributed by atoms with van der Waals surface area (Å²) >= 11 is 0. The Morgan fingerprint density at radius 1 is 1.27 bits per heavy atom. The number of ether oxygens (including phenoxy) is 1. The van der Waals surface area contributed by atoms with Crippen LogP contribution in [0, 0.1) is 12.8 Å². The lowest BCUT2D eigenvalue weighted by Crippen LogP contribution is -2.44. The predicted molar refractivity (Wildman–Crippen MR) is 83.5 cm³/mol. The minimum Gasteiger partial charge on any atom is -0.474 e. The van der Waals surface area contributed by atoms with Crippen LogP contribution in [0.15, 0.2) is 24.4 Å². The fourth-order valence-corrected chi connectivity index (χ4v) is 3.14. The van der Waals surface area contributed by atoms with Gasteiger partial charge in [-0.3, -0.25) is 4.79 Å². The molecule has 0 bridgehead atoms. The van der Waals surface area contributed by atoms with Gasteiger partial charge >= 0.3 is 0 Å². The average molecular weight is 301 g/mol. The minimum atomic E-state index is 0.143. The van der Waals surface area contributed by atoms with Gasteiger partial charge < -0.3 is 9.64 Å². The molecule has 1 unspecified atom stereocenters. The van der Waals surface area contributed by atoms with E-state index in [2.05, 4.69) is 22.1 Å². The highest BCUT2D eigenvalue weighted by atomic mass is 16.5. The van der Waals surface area contributed by atoms with Crippen LogP contribution in [-0.4, -0.2) is 40.0 Å². The number of hydrogen-bond acceptors (Lipinski definition) is 4. The smallest absolute Gasteiger partial charge is 0.226 e. The average Bonchev–Trinajstić information content (AvgIpc) is 2.56. The van der Waals surface area contributed by atoms with Crippen LogP contribution < -0.4 is 4.74 Å². The fraction of sp³-hybridized carbons (Fsp3) is 0.588. The van der Waals surface area contributed by atoms with E-state index in [1.165, 1.54) is 0 Å². The Bertz CT molecular complexity index is 551. The first-order valence-electron chi connectivity index (χ1n) is 8.12. The Hall–Kier alpha value is -1.91. The molecule has 1 saturated heterocycles. The fourth-order valence-electron chi connectivity index (χ4n) is 3.14. The molecule has 0 radical (unpaired) electrons. The number of aryl methyl sites for hydroxylation is 1. The van der Waals surface area contributed by atoms with Crippen molar-refractivity contribution in [2.45, 2.75) is 45.1 Å². The van der Waals surface area contributed by atoms with Crippen LogP contribution in [0.25, 0.3) is 0 Å². The summed E-state index contributed by atoms with van der Waals surface area (Å²) in [6.07, 6.45) is 10.8. The second-order valence-corrected chi connectivity index (χ2v) is 6.07. The lowest BCUT2D eigenvalue weighted by atomic mass is 9.92. The first-order valence-corrected chi connectivity index (χ1v) is 8.12. The summed E-state index contributed by atoms with van der Waals surface area (Å²) in [5.41, 5.74) is 0. The van der Waals surface area contributed by atoms with Gasteiger partial charge in [0.05, 0.1) is 0 Å². The molecule has 1 aliphatic carbocycles. The number of nitrogens with zero attached hydrogens (tertiary/aromatic N) is 3. The van der Waals surface area contributed by atoms with Crippen LogP contribution >= 0.6 is 0 Å². The van der Waals surface area contributed by atoms with Crippen molar-refractivity contribution in [3.63, 3.8) is 0 Å². The molecule has 1 aromatic heterocycles. The van der Waals surface area contributed by atoms with Gasteiger partial charge in [-0.2, -0.15) is 4.98 Å². The van der Waals surface area contributed by atoms with Gasteiger partial charge in [0, 0.05) is 44.1 Å². The summed E-state index contributed by atoms with van der Waals surface area (Å²) in [5.74, 6) is 1.86. The van der Waals surface area contributed by atoms with Gasteiger partial charge in [-0.1, -0.05) is 12.2 Å². The molecule has 0 aromatic carbocycles. The van der Waals surface area contributed by atoms with Crippen molar-refractivity contribution in [2.24, 2.45) is 5.92 Å². The number of piperidine rings is 1. The zero-order valence-corrected chi connectivity index (χ0v) is 13.1. The highest BCUT2D eigenvalue weighted by molar-refractivity contribution is 5.79. The Morgan fingerprint density at radius 3 is 2.77 bits per heavy atom. The normalized spacial score (nSPS) is 22.6. The standard InChI is InChI=1S/C17H23N3O2/c1-13-18-10-7-16(19-13)22-15-8-11-20(12-9-15)17(21)14-5-3-2-4-6-14/h2-3,7,10,14-15H,4-6,8-9,11-12H2,1H3. The topological polar surface area (TPSA) is 55.3 Å². The van der Waals surface area contributed by atoms with Gasteiger partial charge in [-0.15, -0.1) is 0 Å². The molecule has 1 amide bonds. The molecule has 1 atom stereocenters.